The van der Waals surface area contributed by atoms with E-state index < -0.39 is 5.97 Å². The zero-order valence-corrected chi connectivity index (χ0v) is 18.8. The molecule has 0 aliphatic carbocycles. The first-order chi connectivity index (χ1) is 16.1. The van der Waals surface area contributed by atoms with Crippen LogP contribution in [0, 0.1) is 6.92 Å². The number of hydrogen-bond donors (Lipinski definition) is 1. The molecule has 0 fully saturated rings. The maximum absolute atomic E-state index is 12.7. The summed E-state index contributed by atoms with van der Waals surface area (Å²) in [6.07, 6.45) is 1.49. The quantitative estimate of drug-likeness (QED) is 0.332. The highest BCUT2D eigenvalue weighted by molar-refractivity contribution is 6.05. The number of hydrogen-bond acceptors (Lipinski definition) is 7. The molecule has 0 radical (unpaired) electrons. The predicted octanol–water partition coefficient (Wildman–Crippen LogP) is 6.05. The fourth-order valence-corrected chi connectivity index (χ4v) is 3.37. The molecule has 0 unspecified atom stereocenters. The van der Waals surface area contributed by atoms with Crippen molar-refractivity contribution in [2.45, 2.75) is 20.8 Å². The topological polar surface area (TPSA) is 82.6 Å². The third-order valence-electron chi connectivity index (χ3n) is 4.90. The van der Waals surface area contributed by atoms with Crippen molar-refractivity contribution in [1.29, 1.82) is 0 Å². The lowest BCUT2D eigenvalue weighted by atomic mass is 10.1. The zero-order valence-electron chi connectivity index (χ0n) is 18.8. The van der Waals surface area contributed by atoms with Crippen LogP contribution in [0.2, 0.25) is 0 Å². The second kappa shape index (κ2) is 9.99. The van der Waals surface area contributed by atoms with E-state index in [1.54, 1.807) is 6.92 Å². The zero-order chi connectivity index (χ0) is 23.2. The minimum atomic E-state index is -0.461. The summed E-state index contributed by atoms with van der Waals surface area (Å²) in [4.78, 5) is 21.6. The Hall–Kier alpha value is -4.13. The number of carbonyl (C=O) groups is 1. The highest BCUT2D eigenvalue weighted by atomic mass is 16.5. The number of benzene rings is 2. The molecule has 0 saturated carbocycles. The first-order valence-electron chi connectivity index (χ1n) is 10.8. The number of nitrogens with one attached hydrogen (secondary N) is 1. The van der Waals surface area contributed by atoms with Crippen LogP contribution in [-0.4, -0.2) is 29.2 Å². The van der Waals surface area contributed by atoms with Gasteiger partial charge in [-0.25, -0.2) is 14.8 Å². The lowest BCUT2D eigenvalue weighted by molar-refractivity contribution is 0.0527. The van der Waals surface area contributed by atoms with Crippen molar-refractivity contribution < 1.29 is 19.0 Å². The van der Waals surface area contributed by atoms with Crippen LogP contribution in [0.5, 0.6) is 17.2 Å². The molecule has 168 valence electrons. The summed E-state index contributed by atoms with van der Waals surface area (Å²) in [6, 6.07) is 18.9. The number of rotatable bonds is 8. The van der Waals surface area contributed by atoms with Crippen molar-refractivity contribution in [3.63, 3.8) is 0 Å². The molecule has 0 spiro atoms. The second-order valence-electron chi connectivity index (χ2n) is 7.21. The molecule has 0 aliphatic rings. The Morgan fingerprint density at radius 1 is 0.970 bits per heavy atom. The van der Waals surface area contributed by atoms with Crippen molar-refractivity contribution >= 4 is 28.4 Å². The van der Waals surface area contributed by atoms with Crippen LogP contribution in [-0.2, 0) is 4.74 Å². The highest BCUT2D eigenvalue weighted by Crippen LogP contribution is 2.33. The van der Waals surface area contributed by atoms with Crippen LogP contribution in [0.15, 0.2) is 66.9 Å². The Bertz CT molecular complexity index is 1260. The van der Waals surface area contributed by atoms with Crippen LogP contribution in [0.1, 0.15) is 29.9 Å². The van der Waals surface area contributed by atoms with Gasteiger partial charge in [0, 0.05) is 17.3 Å². The molecule has 4 aromatic rings. The number of nitrogens with zero attached hydrogens (tertiary/aromatic N) is 2. The molecule has 2 heterocycles. The van der Waals surface area contributed by atoms with E-state index >= 15 is 0 Å². The third kappa shape index (κ3) is 5.03. The van der Waals surface area contributed by atoms with Gasteiger partial charge in [-0.1, -0.05) is 18.2 Å². The molecule has 2 aromatic heterocycles. The number of pyridine rings is 2. The van der Waals surface area contributed by atoms with E-state index in [2.05, 4.69) is 15.3 Å². The number of aryl methyl sites for hydroxylation is 1. The molecule has 33 heavy (non-hydrogen) atoms. The summed E-state index contributed by atoms with van der Waals surface area (Å²) in [6.45, 7) is 6.31. The Labute approximate surface area is 192 Å². The fraction of sp³-hybridized carbons (Fsp3) is 0.192. The molecule has 7 heteroatoms. The number of anilines is 2. The van der Waals surface area contributed by atoms with Gasteiger partial charge >= 0.3 is 5.97 Å². The van der Waals surface area contributed by atoms with E-state index in [9.17, 15) is 4.79 Å². The third-order valence-corrected chi connectivity index (χ3v) is 4.90. The number of esters is 1. The molecule has 1 N–H and O–H groups in total. The van der Waals surface area contributed by atoms with Gasteiger partial charge in [-0.15, -0.1) is 0 Å². The average Bonchev–Trinajstić information content (AvgIpc) is 2.82. The van der Waals surface area contributed by atoms with E-state index in [4.69, 9.17) is 14.2 Å². The molecule has 0 amide bonds. The van der Waals surface area contributed by atoms with Crippen molar-refractivity contribution in [2.24, 2.45) is 0 Å². The Kier molecular flexibility index (Phi) is 6.69. The minimum absolute atomic E-state index is 0.262. The minimum Gasteiger partial charge on any atom is -0.492 e. The summed E-state index contributed by atoms with van der Waals surface area (Å²) >= 11 is 0. The molecular formula is C26H25N3O4. The maximum Gasteiger partial charge on any atom is 0.341 e. The van der Waals surface area contributed by atoms with Crippen molar-refractivity contribution in [3.05, 3.63) is 78.1 Å². The van der Waals surface area contributed by atoms with E-state index in [1.165, 1.54) is 6.20 Å². The molecule has 0 aliphatic heterocycles. The van der Waals surface area contributed by atoms with Crippen molar-refractivity contribution in [2.75, 3.05) is 18.5 Å². The molecule has 2 aromatic carbocycles. The van der Waals surface area contributed by atoms with Crippen LogP contribution < -0.4 is 14.8 Å². The van der Waals surface area contributed by atoms with Crippen LogP contribution in [0.4, 0.5) is 11.4 Å². The van der Waals surface area contributed by atoms with Gasteiger partial charge in [0.15, 0.2) is 5.65 Å². The van der Waals surface area contributed by atoms with Gasteiger partial charge in [0.2, 0.25) is 0 Å². The smallest absolute Gasteiger partial charge is 0.341 e. The highest BCUT2D eigenvalue weighted by Gasteiger charge is 2.19. The average molecular weight is 444 g/mol. The standard InChI is InChI=1S/C26H25N3O4/c1-4-31-23-15-21-24(22(26(30)32-5-2)16-27-25(21)28-17(23)3)29-18-11-13-20(14-12-18)33-19-9-7-6-8-10-19/h6-16H,4-5H2,1-3H3,(H,27,28,29). The molecule has 0 atom stereocenters. The molecule has 0 bridgehead atoms. The van der Waals surface area contributed by atoms with Gasteiger partial charge in [-0.3, -0.25) is 0 Å². The van der Waals surface area contributed by atoms with E-state index in [0.717, 1.165) is 17.1 Å². The van der Waals surface area contributed by atoms with Gasteiger partial charge in [-0.2, -0.15) is 0 Å². The number of para-hydroxylation sites is 1. The summed E-state index contributed by atoms with van der Waals surface area (Å²) in [5, 5.41) is 4.01. The number of carbonyl (C=O) groups excluding carboxylic acids is 1. The van der Waals surface area contributed by atoms with Gasteiger partial charge in [0.25, 0.3) is 0 Å². The van der Waals surface area contributed by atoms with Crippen LogP contribution in [0.3, 0.4) is 0 Å². The lowest BCUT2D eigenvalue weighted by Gasteiger charge is -2.16. The molecular weight excluding hydrogens is 418 g/mol. The normalized spacial score (nSPS) is 10.6. The van der Waals surface area contributed by atoms with Crippen molar-refractivity contribution in [3.8, 4) is 17.2 Å². The van der Waals surface area contributed by atoms with Crippen molar-refractivity contribution in [1.82, 2.24) is 9.97 Å². The fourth-order valence-electron chi connectivity index (χ4n) is 3.37. The molecule has 0 saturated heterocycles. The van der Waals surface area contributed by atoms with Crippen LogP contribution in [0.25, 0.3) is 11.0 Å². The predicted molar refractivity (Wildman–Crippen MR) is 128 cm³/mol. The van der Waals surface area contributed by atoms with E-state index in [0.29, 0.717) is 40.4 Å². The Morgan fingerprint density at radius 2 is 1.70 bits per heavy atom. The lowest BCUT2D eigenvalue weighted by Crippen LogP contribution is -2.10. The number of fused-ring (bicyclic) bond motifs is 1. The summed E-state index contributed by atoms with van der Waals surface area (Å²) in [5.74, 6) is 1.64. The summed E-state index contributed by atoms with van der Waals surface area (Å²) in [5.41, 5.74) is 2.89. The monoisotopic (exact) mass is 443 g/mol. The first-order valence-corrected chi connectivity index (χ1v) is 10.8. The molecule has 4 rings (SSSR count). The second-order valence-corrected chi connectivity index (χ2v) is 7.21. The van der Waals surface area contributed by atoms with E-state index in [-0.39, 0.29) is 6.61 Å². The van der Waals surface area contributed by atoms with Gasteiger partial charge < -0.3 is 19.5 Å². The first kappa shape index (κ1) is 22.1. The molecule has 7 nitrogen and oxygen atoms in total. The number of ether oxygens (including phenoxy) is 3. The van der Waals surface area contributed by atoms with Gasteiger partial charge in [-0.05, 0) is 63.2 Å². The largest absolute Gasteiger partial charge is 0.492 e. The summed E-state index contributed by atoms with van der Waals surface area (Å²) in [7, 11) is 0. The maximum atomic E-state index is 12.7. The summed E-state index contributed by atoms with van der Waals surface area (Å²) < 4.78 is 16.8. The van der Waals surface area contributed by atoms with Gasteiger partial charge in [0.1, 0.15) is 22.8 Å². The van der Waals surface area contributed by atoms with Crippen LogP contribution >= 0.6 is 0 Å². The number of aromatic nitrogens is 2. The SMILES string of the molecule is CCOC(=O)c1cnc2nc(C)c(OCC)cc2c1Nc1ccc(Oc2ccccc2)cc1. The Morgan fingerprint density at radius 3 is 2.39 bits per heavy atom. The Balaban J connectivity index is 1.71. The van der Waals surface area contributed by atoms with Gasteiger partial charge in [0.05, 0.1) is 24.6 Å². The van der Waals surface area contributed by atoms with E-state index in [1.807, 2.05) is 74.5 Å².